The highest BCUT2D eigenvalue weighted by Crippen LogP contribution is 2.15. The third-order valence-corrected chi connectivity index (χ3v) is 7.02. The fourth-order valence-corrected chi connectivity index (χ4v) is 4.79. The number of benzene rings is 1. The number of nitrogens with one attached hydrogen (secondary N) is 1. The van der Waals surface area contributed by atoms with Gasteiger partial charge < -0.3 is 10.2 Å². The molecule has 11 heteroatoms. The Labute approximate surface area is 185 Å². The Morgan fingerprint density at radius 1 is 1.06 bits per heavy atom. The van der Waals surface area contributed by atoms with Crippen molar-refractivity contribution in [3.8, 4) is 5.69 Å². The first-order valence-corrected chi connectivity index (χ1v) is 11.8. The van der Waals surface area contributed by atoms with Crippen molar-refractivity contribution in [1.82, 2.24) is 24.4 Å². The van der Waals surface area contributed by atoms with E-state index in [1.165, 1.54) is 27.2 Å². The van der Waals surface area contributed by atoms with Crippen LogP contribution < -0.4 is 10.2 Å². The number of hydrogen-bond donors (Lipinski definition) is 1. The first-order chi connectivity index (χ1) is 15.4. The third kappa shape index (κ3) is 5.11. The second-order valence-corrected chi connectivity index (χ2v) is 9.36. The molecule has 1 N–H and O–H groups in total. The molecule has 0 bridgehead atoms. The van der Waals surface area contributed by atoms with Crippen LogP contribution in [0, 0.1) is 5.82 Å². The number of carbonyl (C=O) groups excluding carboxylic acids is 1. The smallest absolute Gasteiger partial charge is 0.271 e. The lowest BCUT2D eigenvalue weighted by atomic mass is 10.3. The molecule has 3 heterocycles. The molecular weight excluding hydrogens is 435 g/mol. The van der Waals surface area contributed by atoms with Crippen LogP contribution in [0.5, 0.6) is 0 Å². The van der Waals surface area contributed by atoms with Crippen molar-refractivity contribution in [2.45, 2.75) is 0 Å². The molecule has 0 aliphatic carbocycles. The van der Waals surface area contributed by atoms with E-state index in [9.17, 15) is 17.6 Å². The molecule has 168 valence electrons. The minimum absolute atomic E-state index is 0.0333. The summed E-state index contributed by atoms with van der Waals surface area (Å²) in [6.45, 7) is 1.81. The summed E-state index contributed by atoms with van der Waals surface area (Å²) in [6.07, 6.45) is 3.25. The first kappa shape index (κ1) is 21.9. The Kier molecular flexibility index (Phi) is 6.47. The van der Waals surface area contributed by atoms with Crippen molar-refractivity contribution < 1.29 is 17.6 Å². The molecule has 3 aromatic rings. The molecule has 1 aliphatic heterocycles. The molecule has 1 fully saturated rings. The number of halogens is 1. The van der Waals surface area contributed by atoms with Crippen molar-refractivity contribution >= 4 is 21.7 Å². The van der Waals surface area contributed by atoms with E-state index in [0.29, 0.717) is 31.9 Å². The van der Waals surface area contributed by atoms with E-state index in [2.05, 4.69) is 15.4 Å². The van der Waals surface area contributed by atoms with E-state index >= 15 is 0 Å². The summed E-state index contributed by atoms with van der Waals surface area (Å²) >= 11 is 0. The largest absolute Gasteiger partial charge is 0.354 e. The number of hydrogen-bond acceptors (Lipinski definition) is 6. The van der Waals surface area contributed by atoms with Gasteiger partial charge in [-0.1, -0.05) is 12.1 Å². The van der Waals surface area contributed by atoms with Crippen LogP contribution >= 0.6 is 0 Å². The Morgan fingerprint density at radius 2 is 1.88 bits per heavy atom. The van der Waals surface area contributed by atoms with Crippen LogP contribution in [0.2, 0.25) is 0 Å². The molecule has 9 nitrogen and oxygen atoms in total. The number of amides is 1. The van der Waals surface area contributed by atoms with Crippen molar-refractivity contribution in [1.29, 1.82) is 0 Å². The number of sulfonamides is 1. The number of aromatic nitrogens is 3. The monoisotopic (exact) mass is 458 g/mol. The van der Waals surface area contributed by atoms with E-state index in [-0.39, 0.29) is 18.0 Å². The Hall–Kier alpha value is -3.31. The molecule has 1 saturated heterocycles. The predicted octanol–water partition coefficient (Wildman–Crippen LogP) is 1.29. The average molecular weight is 459 g/mol. The van der Waals surface area contributed by atoms with Gasteiger partial charge in [0.05, 0.1) is 11.4 Å². The van der Waals surface area contributed by atoms with Crippen molar-refractivity contribution in [2.24, 2.45) is 0 Å². The minimum atomic E-state index is -3.51. The zero-order valence-corrected chi connectivity index (χ0v) is 18.1. The SMILES string of the molecule is O=C(NCCS(=O)(=O)N1CCN(c2ccccn2)CC1)c1ccn(-c2cccc(F)c2)n1. The van der Waals surface area contributed by atoms with Gasteiger partial charge in [-0.3, -0.25) is 4.79 Å². The van der Waals surface area contributed by atoms with Crippen LogP contribution in [0.1, 0.15) is 10.5 Å². The Morgan fingerprint density at radius 3 is 2.59 bits per heavy atom. The lowest BCUT2D eigenvalue weighted by Crippen LogP contribution is -2.50. The van der Waals surface area contributed by atoms with Crippen LogP contribution in [-0.2, 0) is 10.0 Å². The molecule has 0 atom stereocenters. The van der Waals surface area contributed by atoms with Gasteiger partial charge in [-0.2, -0.15) is 9.40 Å². The molecule has 1 aliphatic rings. The highest BCUT2D eigenvalue weighted by Gasteiger charge is 2.27. The fraction of sp³-hybridized carbons (Fsp3) is 0.286. The summed E-state index contributed by atoms with van der Waals surface area (Å²) in [5.41, 5.74) is 0.604. The summed E-state index contributed by atoms with van der Waals surface area (Å²) in [6, 6.07) is 13.0. The summed E-state index contributed by atoms with van der Waals surface area (Å²) in [5, 5.41) is 6.72. The second kappa shape index (κ2) is 9.45. The minimum Gasteiger partial charge on any atom is -0.354 e. The van der Waals surface area contributed by atoms with Crippen LogP contribution in [0.15, 0.2) is 60.9 Å². The quantitative estimate of drug-likeness (QED) is 0.573. The van der Waals surface area contributed by atoms with Crippen LogP contribution in [-0.4, -0.2) is 71.9 Å². The normalized spacial score (nSPS) is 15.0. The van der Waals surface area contributed by atoms with E-state index in [1.54, 1.807) is 24.5 Å². The molecule has 1 aromatic carbocycles. The number of pyridine rings is 1. The molecule has 1 amide bonds. The number of piperazine rings is 1. The van der Waals surface area contributed by atoms with Gasteiger partial charge >= 0.3 is 0 Å². The van der Waals surface area contributed by atoms with E-state index in [1.807, 2.05) is 23.1 Å². The third-order valence-electron chi connectivity index (χ3n) is 5.15. The van der Waals surface area contributed by atoms with Gasteiger partial charge in [-0.15, -0.1) is 0 Å². The summed E-state index contributed by atoms with van der Waals surface area (Å²) < 4.78 is 41.5. The van der Waals surface area contributed by atoms with E-state index in [4.69, 9.17) is 0 Å². The summed E-state index contributed by atoms with van der Waals surface area (Å²) in [5.74, 6) is -0.271. The highest BCUT2D eigenvalue weighted by molar-refractivity contribution is 7.89. The maximum atomic E-state index is 13.4. The topological polar surface area (TPSA) is 100 Å². The molecule has 0 spiro atoms. The van der Waals surface area contributed by atoms with Crippen LogP contribution in [0.3, 0.4) is 0 Å². The average Bonchev–Trinajstić information content (AvgIpc) is 3.30. The van der Waals surface area contributed by atoms with Gasteiger partial charge in [-0.25, -0.2) is 22.5 Å². The van der Waals surface area contributed by atoms with Gasteiger partial charge in [0.15, 0.2) is 5.69 Å². The number of rotatable bonds is 7. The number of anilines is 1. The van der Waals surface area contributed by atoms with Gasteiger partial charge in [0.2, 0.25) is 10.0 Å². The van der Waals surface area contributed by atoms with Crippen LogP contribution in [0.25, 0.3) is 5.69 Å². The highest BCUT2D eigenvalue weighted by atomic mass is 32.2. The molecule has 32 heavy (non-hydrogen) atoms. The zero-order chi connectivity index (χ0) is 22.6. The van der Waals surface area contributed by atoms with Gasteiger partial charge in [0, 0.05) is 45.1 Å². The van der Waals surface area contributed by atoms with Crippen molar-refractivity contribution in [3.05, 3.63) is 72.4 Å². The Balaban J connectivity index is 1.27. The van der Waals surface area contributed by atoms with Gasteiger partial charge in [0.25, 0.3) is 5.91 Å². The van der Waals surface area contributed by atoms with E-state index < -0.39 is 21.7 Å². The molecular formula is C21H23FN6O3S. The molecule has 0 radical (unpaired) electrons. The summed E-state index contributed by atoms with van der Waals surface area (Å²) in [4.78, 5) is 18.7. The van der Waals surface area contributed by atoms with Gasteiger partial charge in [0.1, 0.15) is 11.6 Å². The van der Waals surface area contributed by atoms with Gasteiger partial charge in [-0.05, 0) is 36.4 Å². The maximum Gasteiger partial charge on any atom is 0.271 e. The molecule has 0 saturated carbocycles. The standard InChI is InChI=1S/C21H23FN6O3S/c22-17-4-3-5-18(16-17)28-10-7-19(25-28)21(29)24-9-15-32(30,31)27-13-11-26(12-14-27)20-6-1-2-8-23-20/h1-8,10,16H,9,11-15H2,(H,24,29). The lowest BCUT2D eigenvalue weighted by molar-refractivity contribution is 0.0950. The lowest BCUT2D eigenvalue weighted by Gasteiger charge is -2.34. The molecule has 2 aromatic heterocycles. The van der Waals surface area contributed by atoms with Crippen molar-refractivity contribution in [2.75, 3.05) is 43.4 Å². The molecule has 4 rings (SSSR count). The first-order valence-electron chi connectivity index (χ1n) is 10.2. The Bertz CT molecular complexity index is 1180. The van der Waals surface area contributed by atoms with E-state index in [0.717, 1.165) is 5.82 Å². The maximum absolute atomic E-state index is 13.4. The number of nitrogens with zero attached hydrogens (tertiary/aromatic N) is 5. The second-order valence-electron chi connectivity index (χ2n) is 7.27. The summed E-state index contributed by atoms with van der Waals surface area (Å²) in [7, 11) is -3.51. The van der Waals surface area contributed by atoms with Crippen molar-refractivity contribution in [3.63, 3.8) is 0 Å². The molecule has 0 unspecified atom stereocenters. The number of carbonyl (C=O) groups is 1. The van der Waals surface area contributed by atoms with Crippen LogP contribution in [0.4, 0.5) is 10.2 Å². The zero-order valence-electron chi connectivity index (χ0n) is 17.3. The predicted molar refractivity (Wildman–Crippen MR) is 118 cm³/mol. The fourth-order valence-electron chi connectivity index (χ4n) is 3.46.